The Morgan fingerprint density at radius 1 is 0.842 bits per heavy atom. The molecule has 0 aliphatic rings. The molecule has 100 valence electrons. The van der Waals surface area contributed by atoms with Gasteiger partial charge in [0.25, 0.3) is 0 Å². The van der Waals surface area contributed by atoms with Gasteiger partial charge in [-0.2, -0.15) is 13.2 Å². The van der Waals surface area contributed by atoms with Crippen molar-refractivity contribution >= 4 is 11.4 Å². The lowest BCUT2D eigenvalue weighted by atomic mass is 10.2. The molecule has 0 aliphatic heterocycles. The van der Waals surface area contributed by atoms with Crippen LogP contribution in [0, 0.1) is 0 Å². The first-order valence-electron chi connectivity index (χ1n) is 5.36. The first kappa shape index (κ1) is 13.1. The molecule has 0 radical (unpaired) electrons. The molecule has 6 heteroatoms. The molecule has 2 aromatic carbocycles. The second-order valence-corrected chi connectivity index (χ2v) is 3.92. The van der Waals surface area contributed by atoms with Crippen molar-refractivity contribution in [3.8, 4) is 11.5 Å². The van der Waals surface area contributed by atoms with Gasteiger partial charge in [0.05, 0.1) is 16.9 Å². The average molecular weight is 268 g/mol. The maximum absolute atomic E-state index is 12.5. The van der Waals surface area contributed by atoms with Gasteiger partial charge in [0.2, 0.25) is 0 Å². The van der Waals surface area contributed by atoms with Crippen LogP contribution in [0.4, 0.5) is 24.5 Å². The molecule has 0 unspecified atom stereocenters. The van der Waals surface area contributed by atoms with Gasteiger partial charge in [0, 0.05) is 6.07 Å². The maximum atomic E-state index is 12.5. The zero-order chi connectivity index (χ0) is 14.0. The molecule has 2 aromatic rings. The van der Waals surface area contributed by atoms with Gasteiger partial charge in [-0.15, -0.1) is 0 Å². The maximum Gasteiger partial charge on any atom is 0.416 e. The van der Waals surface area contributed by atoms with Crippen LogP contribution in [0.25, 0.3) is 0 Å². The molecular formula is C13H11F3N2O. The van der Waals surface area contributed by atoms with Gasteiger partial charge >= 0.3 is 6.18 Å². The Morgan fingerprint density at radius 3 is 2.16 bits per heavy atom. The first-order chi connectivity index (χ1) is 8.86. The van der Waals surface area contributed by atoms with E-state index in [9.17, 15) is 13.2 Å². The highest BCUT2D eigenvalue weighted by atomic mass is 19.4. The lowest BCUT2D eigenvalue weighted by Crippen LogP contribution is -2.04. The molecule has 0 heterocycles. The van der Waals surface area contributed by atoms with E-state index in [0.29, 0.717) is 17.1 Å². The summed E-state index contributed by atoms with van der Waals surface area (Å²) in [6, 6.07) is 9.12. The molecule has 0 aromatic heterocycles. The lowest BCUT2D eigenvalue weighted by molar-refractivity contribution is -0.137. The monoisotopic (exact) mass is 268 g/mol. The number of hydrogen-bond donors (Lipinski definition) is 2. The third-order valence-electron chi connectivity index (χ3n) is 2.46. The van der Waals surface area contributed by atoms with Gasteiger partial charge in [0.1, 0.15) is 11.5 Å². The average Bonchev–Trinajstić information content (AvgIpc) is 2.33. The van der Waals surface area contributed by atoms with E-state index in [2.05, 4.69) is 0 Å². The number of nitrogens with two attached hydrogens (primary N) is 2. The fraction of sp³-hybridized carbons (Fsp3) is 0.0769. The summed E-state index contributed by atoms with van der Waals surface area (Å²) < 4.78 is 42.9. The number of halogens is 3. The summed E-state index contributed by atoms with van der Waals surface area (Å²) in [5.74, 6) is 0.407. The highest BCUT2D eigenvalue weighted by molar-refractivity contribution is 5.65. The number of rotatable bonds is 2. The number of alkyl halides is 3. The standard InChI is InChI=1S/C13H11F3N2O/c14-13(15,16)8-2-1-3-9(6-8)19-10-4-5-11(17)12(18)7-10/h1-7H,17-18H2. The molecule has 0 saturated carbocycles. The molecule has 2 rings (SSSR count). The molecule has 4 N–H and O–H groups in total. The molecule has 0 spiro atoms. The summed E-state index contributed by atoms with van der Waals surface area (Å²) in [4.78, 5) is 0. The zero-order valence-electron chi connectivity index (χ0n) is 9.74. The van der Waals surface area contributed by atoms with E-state index in [1.165, 1.54) is 30.3 Å². The van der Waals surface area contributed by atoms with Gasteiger partial charge in [0.15, 0.2) is 0 Å². The van der Waals surface area contributed by atoms with E-state index in [1.54, 1.807) is 0 Å². The Labute approximate surface area is 107 Å². The van der Waals surface area contributed by atoms with E-state index < -0.39 is 11.7 Å². The van der Waals surface area contributed by atoms with E-state index >= 15 is 0 Å². The third-order valence-corrected chi connectivity index (χ3v) is 2.46. The fourth-order valence-corrected chi connectivity index (χ4v) is 1.49. The summed E-state index contributed by atoms with van der Waals surface area (Å²) in [5, 5.41) is 0. The van der Waals surface area contributed by atoms with Crippen LogP contribution in [0.5, 0.6) is 11.5 Å². The molecule has 3 nitrogen and oxygen atoms in total. The molecule has 0 bridgehead atoms. The van der Waals surface area contributed by atoms with Crippen molar-refractivity contribution in [2.75, 3.05) is 11.5 Å². The van der Waals surface area contributed by atoms with Crippen molar-refractivity contribution in [3.63, 3.8) is 0 Å². The quantitative estimate of drug-likeness (QED) is 0.817. The number of ether oxygens (including phenoxy) is 1. The molecule has 19 heavy (non-hydrogen) atoms. The van der Waals surface area contributed by atoms with E-state index in [-0.39, 0.29) is 5.75 Å². The van der Waals surface area contributed by atoms with Crippen molar-refractivity contribution < 1.29 is 17.9 Å². The third kappa shape index (κ3) is 3.09. The van der Waals surface area contributed by atoms with Crippen molar-refractivity contribution in [3.05, 3.63) is 48.0 Å². The molecule has 0 amide bonds. The smallest absolute Gasteiger partial charge is 0.416 e. The predicted octanol–water partition coefficient (Wildman–Crippen LogP) is 3.66. The van der Waals surface area contributed by atoms with Crippen LogP contribution in [-0.2, 0) is 6.18 Å². The van der Waals surface area contributed by atoms with Crippen molar-refractivity contribution in [1.82, 2.24) is 0 Å². The van der Waals surface area contributed by atoms with Gasteiger partial charge in [-0.05, 0) is 30.3 Å². The van der Waals surface area contributed by atoms with Crippen LogP contribution in [0.15, 0.2) is 42.5 Å². The minimum atomic E-state index is -4.40. The minimum Gasteiger partial charge on any atom is -0.457 e. The van der Waals surface area contributed by atoms with E-state index in [1.807, 2.05) is 0 Å². The first-order valence-corrected chi connectivity index (χ1v) is 5.36. The lowest BCUT2D eigenvalue weighted by Gasteiger charge is -2.10. The fourth-order valence-electron chi connectivity index (χ4n) is 1.49. The van der Waals surface area contributed by atoms with Crippen LogP contribution < -0.4 is 16.2 Å². The van der Waals surface area contributed by atoms with Gasteiger partial charge in [-0.25, -0.2) is 0 Å². The van der Waals surface area contributed by atoms with E-state index in [0.717, 1.165) is 12.1 Å². The van der Waals surface area contributed by atoms with E-state index in [4.69, 9.17) is 16.2 Å². The van der Waals surface area contributed by atoms with Crippen LogP contribution in [0.1, 0.15) is 5.56 Å². The topological polar surface area (TPSA) is 61.3 Å². The summed E-state index contributed by atoms with van der Waals surface area (Å²) in [7, 11) is 0. The van der Waals surface area contributed by atoms with Crippen LogP contribution in [0.2, 0.25) is 0 Å². The van der Waals surface area contributed by atoms with Crippen LogP contribution >= 0.6 is 0 Å². The SMILES string of the molecule is Nc1ccc(Oc2cccc(C(F)(F)F)c2)cc1N. The number of nitrogen functional groups attached to an aromatic ring is 2. The molecule has 0 fully saturated rings. The Kier molecular flexibility index (Phi) is 3.25. The Balaban J connectivity index is 2.26. The summed E-state index contributed by atoms with van der Waals surface area (Å²) in [5.41, 5.74) is 11.0. The second kappa shape index (κ2) is 4.72. The summed E-state index contributed by atoms with van der Waals surface area (Å²) in [6.45, 7) is 0. The minimum absolute atomic E-state index is 0.0824. The Hall–Kier alpha value is -2.37. The van der Waals surface area contributed by atoms with Gasteiger partial charge < -0.3 is 16.2 Å². The van der Waals surface area contributed by atoms with Crippen molar-refractivity contribution in [2.45, 2.75) is 6.18 Å². The Morgan fingerprint density at radius 2 is 1.53 bits per heavy atom. The normalized spacial score (nSPS) is 11.3. The zero-order valence-corrected chi connectivity index (χ0v) is 9.74. The molecule has 0 aliphatic carbocycles. The molecular weight excluding hydrogens is 257 g/mol. The van der Waals surface area contributed by atoms with Crippen LogP contribution in [-0.4, -0.2) is 0 Å². The highest BCUT2D eigenvalue weighted by Gasteiger charge is 2.30. The number of anilines is 2. The summed E-state index contributed by atoms with van der Waals surface area (Å²) >= 11 is 0. The predicted molar refractivity (Wildman–Crippen MR) is 66.8 cm³/mol. The highest BCUT2D eigenvalue weighted by Crippen LogP contribution is 2.33. The largest absolute Gasteiger partial charge is 0.457 e. The van der Waals surface area contributed by atoms with Crippen molar-refractivity contribution in [2.24, 2.45) is 0 Å². The number of hydrogen-bond acceptors (Lipinski definition) is 3. The van der Waals surface area contributed by atoms with Gasteiger partial charge in [-0.3, -0.25) is 0 Å². The van der Waals surface area contributed by atoms with Gasteiger partial charge in [-0.1, -0.05) is 6.07 Å². The summed E-state index contributed by atoms with van der Waals surface area (Å²) in [6.07, 6.45) is -4.40. The van der Waals surface area contributed by atoms with Crippen molar-refractivity contribution in [1.29, 1.82) is 0 Å². The Bertz CT molecular complexity index is 597. The molecule has 0 atom stereocenters. The molecule has 0 saturated heterocycles. The second-order valence-electron chi connectivity index (χ2n) is 3.92. The van der Waals surface area contributed by atoms with Crippen LogP contribution in [0.3, 0.4) is 0 Å². The number of benzene rings is 2.